The van der Waals surface area contributed by atoms with Gasteiger partial charge >= 0.3 is 6.03 Å². The molecule has 1 fully saturated rings. The third-order valence-corrected chi connectivity index (χ3v) is 5.13. The molecule has 0 heterocycles. The Labute approximate surface area is 183 Å². The smallest absolute Gasteiger partial charge is 0.319 e. The highest BCUT2D eigenvalue weighted by atomic mass is 19.1. The number of hydrogen-bond acceptors (Lipinski definition) is 3. The second-order valence-corrected chi connectivity index (χ2v) is 7.84. The van der Waals surface area contributed by atoms with E-state index in [1.807, 2.05) is 31.2 Å². The first-order valence-electron chi connectivity index (χ1n) is 10.7. The van der Waals surface area contributed by atoms with Crippen LogP contribution in [-0.4, -0.2) is 30.6 Å². The molecule has 1 saturated carbocycles. The first-order chi connectivity index (χ1) is 14.8. The molecular formula is C24H33F2N3O2. The van der Waals surface area contributed by atoms with Gasteiger partial charge in [0.05, 0.1) is 0 Å². The van der Waals surface area contributed by atoms with Crippen molar-refractivity contribution in [3.63, 3.8) is 0 Å². The summed E-state index contributed by atoms with van der Waals surface area (Å²) in [4.78, 5) is 12.1. The number of ether oxygens (including phenoxy) is 1. The summed E-state index contributed by atoms with van der Waals surface area (Å²) in [6.07, 6.45) is 9.31. The molecule has 2 amide bonds. The number of halogens is 2. The van der Waals surface area contributed by atoms with Gasteiger partial charge in [0.1, 0.15) is 17.7 Å². The maximum Gasteiger partial charge on any atom is 0.319 e. The van der Waals surface area contributed by atoms with E-state index >= 15 is 0 Å². The minimum absolute atomic E-state index is 0.154. The molecule has 0 radical (unpaired) electrons. The van der Waals surface area contributed by atoms with Crippen molar-refractivity contribution in [2.75, 3.05) is 11.9 Å². The summed E-state index contributed by atoms with van der Waals surface area (Å²) in [6.45, 7) is 4.75. The predicted molar refractivity (Wildman–Crippen MR) is 121 cm³/mol. The summed E-state index contributed by atoms with van der Waals surface area (Å²) in [5.74, 6) is -0.521. The number of nitrogens with two attached hydrogens (primary N) is 1. The van der Waals surface area contributed by atoms with Crippen LogP contribution in [0.4, 0.5) is 19.3 Å². The molecule has 0 aliphatic heterocycles. The zero-order valence-electron chi connectivity index (χ0n) is 18.2. The van der Waals surface area contributed by atoms with Crippen molar-refractivity contribution in [2.45, 2.75) is 63.9 Å². The summed E-state index contributed by atoms with van der Waals surface area (Å²) in [7, 11) is 0. The van der Waals surface area contributed by atoms with Crippen molar-refractivity contribution in [1.82, 2.24) is 5.32 Å². The number of carbonyl (C=O) groups is 1. The average Bonchev–Trinajstić information content (AvgIpc) is 2.93. The molecule has 0 aromatic heterocycles. The fourth-order valence-electron chi connectivity index (χ4n) is 3.34. The van der Waals surface area contributed by atoms with Crippen molar-refractivity contribution in [3.8, 4) is 0 Å². The number of para-hydroxylation sites is 1. The Hall–Kier alpha value is -2.51. The highest BCUT2D eigenvalue weighted by molar-refractivity contribution is 5.90. The van der Waals surface area contributed by atoms with Crippen LogP contribution in [0, 0.1) is 6.92 Å². The molecule has 170 valence electrons. The molecule has 1 aromatic rings. The van der Waals surface area contributed by atoms with Crippen LogP contribution in [0.2, 0.25) is 0 Å². The fraction of sp³-hybridized carbons (Fsp3) is 0.458. The molecule has 0 bridgehead atoms. The summed E-state index contributed by atoms with van der Waals surface area (Å²) < 4.78 is 30.2. The molecule has 4 N–H and O–H groups in total. The number of alkyl halides is 1. The fourth-order valence-corrected chi connectivity index (χ4v) is 3.34. The van der Waals surface area contributed by atoms with Gasteiger partial charge in [0.2, 0.25) is 0 Å². The lowest BCUT2D eigenvalue weighted by atomic mass is 9.88. The Bertz CT molecular complexity index is 800. The maximum atomic E-state index is 12.3. The molecule has 1 aromatic carbocycles. The van der Waals surface area contributed by atoms with Crippen LogP contribution >= 0.6 is 0 Å². The van der Waals surface area contributed by atoms with Gasteiger partial charge < -0.3 is 21.1 Å². The van der Waals surface area contributed by atoms with E-state index in [1.54, 1.807) is 0 Å². The average molecular weight is 434 g/mol. The van der Waals surface area contributed by atoms with E-state index in [4.69, 9.17) is 10.5 Å². The number of allylic oxidation sites excluding steroid dienone is 6. The van der Waals surface area contributed by atoms with Crippen LogP contribution in [0.1, 0.15) is 44.6 Å². The van der Waals surface area contributed by atoms with Crippen molar-refractivity contribution < 1.29 is 18.3 Å². The van der Waals surface area contributed by atoms with E-state index in [9.17, 15) is 13.6 Å². The number of nitrogens with one attached hydrogen (secondary N) is 2. The van der Waals surface area contributed by atoms with E-state index in [1.165, 1.54) is 24.3 Å². The number of hydrogen-bond donors (Lipinski definition) is 3. The molecule has 7 heteroatoms. The molecule has 1 atom stereocenters. The number of carbonyl (C=O) groups excluding carboxylic acids is 1. The lowest BCUT2D eigenvalue weighted by molar-refractivity contribution is -0.0691. The Morgan fingerprint density at radius 3 is 2.65 bits per heavy atom. The molecule has 0 spiro atoms. The second kappa shape index (κ2) is 12.4. The molecule has 2 aliphatic carbocycles. The van der Waals surface area contributed by atoms with Gasteiger partial charge in [-0.05, 0) is 68.9 Å². The number of anilines is 1. The van der Waals surface area contributed by atoms with E-state index in [0.717, 1.165) is 49.4 Å². The monoisotopic (exact) mass is 433 g/mol. The minimum Gasteiger partial charge on any atom is -0.361 e. The minimum atomic E-state index is -1.28. The first kappa shape index (κ1) is 24.8. The topological polar surface area (TPSA) is 76.4 Å². The van der Waals surface area contributed by atoms with E-state index in [2.05, 4.69) is 17.6 Å². The Morgan fingerprint density at radius 2 is 1.97 bits per heavy atom. The number of benzene rings is 1. The lowest BCUT2D eigenvalue weighted by Gasteiger charge is -2.37. The molecule has 3 rings (SSSR count). The highest BCUT2D eigenvalue weighted by Crippen LogP contribution is 2.27. The van der Waals surface area contributed by atoms with E-state index < -0.39 is 17.7 Å². The van der Waals surface area contributed by atoms with Gasteiger partial charge in [0, 0.05) is 18.3 Å². The number of amides is 2. The Morgan fingerprint density at radius 1 is 1.26 bits per heavy atom. The van der Waals surface area contributed by atoms with Gasteiger partial charge in [-0.1, -0.05) is 37.3 Å². The predicted octanol–water partition coefficient (Wildman–Crippen LogP) is 5.44. The van der Waals surface area contributed by atoms with Gasteiger partial charge in [0.25, 0.3) is 0 Å². The molecule has 2 aliphatic rings. The van der Waals surface area contributed by atoms with Gasteiger partial charge in [-0.15, -0.1) is 0 Å². The quantitative estimate of drug-likeness (QED) is 0.541. The van der Waals surface area contributed by atoms with Gasteiger partial charge in [-0.3, -0.25) is 0 Å². The van der Waals surface area contributed by atoms with Crippen LogP contribution in [0.25, 0.3) is 0 Å². The van der Waals surface area contributed by atoms with E-state index in [0.29, 0.717) is 6.61 Å². The zero-order chi connectivity index (χ0) is 22.7. The summed E-state index contributed by atoms with van der Waals surface area (Å²) in [5.41, 5.74) is 7.61. The standard InChI is InChI=1S/C17H27N3O2.C7H6F2/c1-3-12-22-17(18)10-8-14(9-11-17)19-16(21)20-15-7-5-4-6-13(15)2;8-6-3-1-2-4-7(9)5-6/h4-7,14H,3,8-12,18H2,1-2H3,(H2,19,20,21);1-6H. The maximum absolute atomic E-state index is 12.3. The first-order valence-corrected chi connectivity index (χ1v) is 10.7. The summed E-state index contributed by atoms with van der Waals surface area (Å²) >= 11 is 0. The third kappa shape index (κ3) is 9.02. The lowest BCUT2D eigenvalue weighted by Crippen LogP contribution is -2.50. The van der Waals surface area contributed by atoms with Crippen LogP contribution in [-0.2, 0) is 4.74 Å². The van der Waals surface area contributed by atoms with Crippen LogP contribution in [0.3, 0.4) is 0 Å². The Kier molecular flexibility index (Phi) is 9.88. The van der Waals surface area contributed by atoms with Crippen molar-refractivity contribution in [1.29, 1.82) is 0 Å². The van der Waals surface area contributed by atoms with Gasteiger partial charge in [-0.25, -0.2) is 13.6 Å². The zero-order valence-corrected chi connectivity index (χ0v) is 18.2. The molecule has 5 nitrogen and oxygen atoms in total. The highest BCUT2D eigenvalue weighted by Gasteiger charge is 2.32. The second-order valence-electron chi connectivity index (χ2n) is 7.84. The summed E-state index contributed by atoms with van der Waals surface area (Å²) in [5, 5.41) is 5.93. The molecule has 31 heavy (non-hydrogen) atoms. The van der Waals surface area contributed by atoms with E-state index in [-0.39, 0.29) is 12.1 Å². The van der Waals surface area contributed by atoms with Crippen LogP contribution < -0.4 is 16.4 Å². The van der Waals surface area contributed by atoms with Crippen molar-refractivity contribution in [3.05, 3.63) is 66.0 Å². The largest absolute Gasteiger partial charge is 0.361 e. The Balaban J connectivity index is 0.000000316. The number of aryl methyl sites for hydroxylation is 1. The van der Waals surface area contributed by atoms with Crippen molar-refractivity contribution in [2.24, 2.45) is 5.73 Å². The third-order valence-electron chi connectivity index (χ3n) is 5.13. The number of urea groups is 1. The van der Waals surface area contributed by atoms with Gasteiger partial charge in [0.15, 0.2) is 0 Å². The molecular weight excluding hydrogens is 400 g/mol. The number of rotatable bonds is 5. The van der Waals surface area contributed by atoms with Crippen LogP contribution in [0.15, 0.2) is 60.5 Å². The molecule has 0 saturated heterocycles. The normalized spacial score (nSPS) is 25.0. The molecule has 1 unspecified atom stereocenters. The van der Waals surface area contributed by atoms with Crippen molar-refractivity contribution >= 4 is 11.7 Å². The van der Waals surface area contributed by atoms with Gasteiger partial charge in [-0.2, -0.15) is 0 Å². The SMILES string of the molecule is CCCOC1(N)CCC(NC(=O)Nc2ccccc2C)CC1.FC1=CC(F)C=CC=C1. The van der Waals surface area contributed by atoms with Crippen LogP contribution in [0.5, 0.6) is 0 Å². The summed E-state index contributed by atoms with van der Waals surface area (Å²) in [6, 6.07) is 7.75.